The molecule has 1 fully saturated rings. The molecule has 0 radical (unpaired) electrons. The van der Waals surface area contributed by atoms with Crippen LogP contribution in [0.1, 0.15) is 44.2 Å². The third-order valence-electron chi connectivity index (χ3n) is 6.78. The Morgan fingerprint density at radius 1 is 0.938 bits per heavy atom. The second-order valence-corrected chi connectivity index (χ2v) is 8.81. The topological polar surface area (TPSA) is 66.1 Å². The van der Waals surface area contributed by atoms with Gasteiger partial charge in [0.25, 0.3) is 11.1 Å². The Balaban J connectivity index is 1.59. The summed E-state index contributed by atoms with van der Waals surface area (Å²) in [5, 5.41) is 0.983. The van der Waals surface area contributed by atoms with Gasteiger partial charge in [0, 0.05) is 18.4 Å². The highest BCUT2D eigenvalue weighted by atomic mass is 16.5. The largest absolute Gasteiger partial charge is 0.497 e. The van der Waals surface area contributed by atoms with E-state index in [0.717, 1.165) is 30.6 Å². The van der Waals surface area contributed by atoms with Crippen LogP contribution >= 0.6 is 0 Å². The highest BCUT2D eigenvalue weighted by Gasteiger charge is 2.24. The molecule has 0 saturated heterocycles. The van der Waals surface area contributed by atoms with Crippen LogP contribution in [0.15, 0.2) is 64.4 Å². The van der Waals surface area contributed by atoms with Crippen LogP contribution in [0.2, 0.25) is 0 Å². The molecule has 0 amide bonds. The summed E-state index contributed by atoms with van der Waals surface area (Å²) in [6, 6.07) is 13.3. The molecule has 0 aliphatic heterocycles. The number of pyridine rings is 3. The second kappa shape index (κ2) is 8.26. The lowest BCUT2D eigenvalue weighted by molar-refractivity contribution is 0.253. The number of hydrogen-bond donors (Lipinski definition) is 0. The van der Waals surface area contributed by atoms with E-state index in [4.69, 9.17) is 4.74 Å². The number of fused-ring (bicyclic) bond motifs is 2. The first kappa shape index (κ1) is 20.5. The van der Waals surface area contributed by atoms with Crippen LogP contribution in [-0.2, 0) is 6.54 Å². The predicted octanol–water partition coefficient (Wildman–Crippen LogP) is 4.52. The molecule has 3 heterocycles. The number of methoxy groups -OCH3 is 1. The van der Waals surface area contributed by atoms with E-state index in [0.29, 0.717) is 34.3 Å². The Morgan fingerprint density at radius 3 is 2.34 bits per heavy atom. The summed E-state index contributed by atoms with van der Waals surface area (Å²) >= 11 is 0. The fraction of sp³-hybridized carbons (Fsp3) is 0.346. The van der Waals surface area contributed by atoms with E-state index >= 15 is 0 Å². The average molecular weight is 430 g/mol. The van der Waals surface area contributed by atoms with Gasteiger partial charge in [-0.15, -0.1) is 0 Å². The maximum absolute atomic E-state index is 13.4. The number of ether oxygens (including phenoxy) is 1. The summed E-state index contributed by atoms with van der Waals surface area (Å²) in [4.78, 5) is 31.2. The number of benzene rings is 1. The highest BCUT2D eigenvalue weighted by Crippen LogP contribution is 2.32. The van der Waals surface area contributed by atoms with Crippen molar-refractivity contribution in [2.75, 3.05) is 7.11 Å². The normalized spacial score (nSPS) is 18.8. The van der Waals surface area contributed by atoms with Crippen molar-refractivity contribution >= 4 is 21.8 Å². The summed E-state index contributed by atoms with van der Waals surface area (Å²) in [5.74, 6) is 1.24. The fourth-order valence-corrected chi connectivity index (χ4v) is 4.90. The van der Waals surface area contributed by atoms with Gasteiger partial charge in [-0.1, -0.05) is 31.9 Å². The SMILES string of the molecule is COc1ccc(Cn2ccc3nc4ccn([C@@H]5CCCC[C@H]5C)c(=O)c4cc3c2=O)cc1. The smallest absolute Gasteiger partial charge is 0.260 e. The molecule has 0 N–H and O–H groups in total. The summed E-state index contributed by atoms with van der Waals surface area (Å²) in [6.45, 7) is 2.66. The molecule has 2 atom stereocenters. The zero-order valence-corrected chi connectivity index (χ0v) is 18.5. The molecule has 0 unspecified atom stereocenters. The fourth-order valence-electron chi connectivity index (χ4n) is 4.90. The van der Waals surface area contributed by atoms with Crippen LogP contribution in [-0.4, -0.2) is 21.2 Å². The quantitative estimate of drug-likeness (QED) is 0.448. The predicted molar refractivity (Wildman–Crippen MR) is 127 cm³/mol. The standard InChI is InChI=1S/C26H27N3O3/c1-17-5-3-4-6-24(17)29-14-12-23-21(26(29)31)15-20-22(27-23)11-13-28(25(20)30)16-18-7-9-19(32-2)10-8-18/h7-15,17,24H,3-6,16H2,1-2H3/t17-,24-/m1/s1. The molecule has 6 heteroatoms. The van der Waals surface area contributed by atoms with Gasteiger partial charge in [-0.05, 0) is 54.7 Å². The minimum atomic E-state index is -0.145. The lowest BCUT2D eigenvalue weighted by atomic mass is 9.85. The van der Waals surface area contributed by atoms with Crippen LogP contribution in [0.5, 0.6) is 5.75 Å². The second-order valence-electron chi connectivity index (χ2n) is 8.81. The van der Waals surface area contributed by atoms with Crippen LogP contribution < -0.4 is 15.9 Å². The molecule has 5 rings (SSSR count). The van der Waals surface area contributed by atoms with Gasteiger partial charge < -0.3 is 13.9 Å². The van der Waals surface area contributed by atoms with Crippen molar-refractivity contribution in [3.63, 3.8) is 0 Å². The van der Waals surface area contributed by atoms with Gasteiger partial charge in [0.2, 0.25) is 0 Å². The van der Waals surface area contributed by atoms with Crippen molar-refractivity contribution in [1.82, 2.24) is 14.1 Å². The molecule has 1 aliphatic rings. The van der Waals surface area contributed by atoms with E-state index in [1.165, 1.54) is 6.42 Å². The molecule has 164 valence electrons. The van der Waals surface area contributed by atoms with E-state index in [1.54, 1.807) is 23.9 Å². The number of hydrogen-bond acceptors (Lipinski definition) is 4. The van der Waals surface area contributed by atoms with E-state index in [2.05, 4.69) is 11.9 Å². The third kappa shape index (κ3) is 3.60. The monoisotopic (exact) mass is 429 g/mol. The van der Waals surface area contributed by atoms with Crippen molar-refractivity contribution in [1.29, 1.82) is 0 Å². The number of aromatic nitrogens is 3. The zero-order chi connectivity index (χ0) is 22.2. The van der Waals surface area contributed by atoms with Crippen LogP contribution in [0, 0.1) is 5.92 Å². The van der Waals surface area contributed by atoms with Gasteiger partial charge in [-0.25, -0.2) is 4.98 Å². The van der Waals surface area contributed by atoms with Crippen molar-refractivity contribution < 1.29 is 4.74 Å². The van der Waals surface area contributed by atoms with Gasteiger partial charge in [0.1, 0.15) is 5.75 Å². The number of rotatable bonds is 4. The van der Waals surface area contributed by atoms with Gasteiger partial charge in [-0.3, -0.25) is 9.59 Å². The Bertz CT molecular complexity index is 1400. The molecule has 0 spiro atoms. The zero-order valence-electron chi connectivity index (χ0n) is 18.5. The maximum Gasteiger partial charge on any atom is 0.260 e. The minimum absolute atomic E-state index is 0.0550. The third-order valence-corrected chi connectivity index (χ3v) is 6.78. The first-order chi connectivity index (χ1) is 15.5. The molecule has 32 heavy (non-hydrogen) atoms. The average Bonchev–Trinajstić information content (AvgIpc) is 2.82. The van der Waals surface area contributed by atoms with E-state index < -0.39 is 0 Å². The van der Waals surface area contributed by atoms with E-state index in [-0.39, 0.29) is 17.2 Å². The van der Waals surface area contributed by atoms with Crippen LogP contribution in [0.4, 0.5) is 0 Å². The molecule has 1 saturated carbocycles. The lowest BCUT2D eigenvalue weighted by Crippen LogP contribution is -2.30. The summed E-state index contributed by atoms with van der Waals surface area (Å²) in [5.41, 5.74) is 2.04. The van der Waals surface area contributed by atoms with Crippen molar-refractivity contribution in [3.8, 4) is 5.75 Å². The summed E-state index contributed by atoms with van der Waals surface area (Å²) < 4.78 is 8.72. The van der Waals surface area contributed by atoms with E-state index in [1.807, 2.05) is 47.2 Å². The first-order valence-electron chi connectivity index (χ1n) is 11.2. The minimum Gasteiger partial charge on any atom is -0.497 e. The summed E-state index contributed by atoms with van der Waals surface area (Å²) in [7, 11) is 1.63. The molecular formula is C26H27N3O3. The van der Waals surface area contributed by atoms with Gasteiger partial charge >= 0.3 is 0 Å². The van der Waals surface area contributed by atoms with E-state index in [9.17, 15) is 9.59 Å². The highest BCUT2D eigenvalue weighted by molar-refractivity contribution is 5.91. The van der Waals surface area contributed by atoms with Crippen LogP contribution in [0.3, 0.4) is 0 Å². The van der Waals surface area contributed by atoms with Crippen LogP contribution in [0.25, 0.3) is 21.8 Å². The van der Waals surface area contributed by atoms with Crippen molar-refractivity contribution in [3.05, 3.63) is 81.1 Å². The maximum atomic E-state index is 13.4. The van der Waals surface area contributed by atoms with Crippen molar-refractivity contribution in [2.24, 2.45) is 5.92 Å². The van der Waals surface area contributed by atoms with Crippen molar-refractivity contribution in [2.45, 2.75) is 45.2 Å². The van der Waals surface area contributed by atoms with Gasteiger partial charge in [-0.2, -0.15) is 0 Å². The molecule has 3 aromatic heterocycles. The molecule has 4 aromatic rings. The van der Waals surface area contributed by atoms with Gasteiger partial charge in [0.05, 0.1) is 35.5 Å². The number of nitrogens with zero attached hydrogens (tertiary/aromatic N) is 3. The molecular weight excluding hydrogens is 402 g/mol. The Morgan fingerprint density at radius 2 is 1.62 bits per heavy atom. The Hall–Kier alpha value is -3.41. The molecule has 6 nitrogen and oxygen atoms in total. The molecule has 1 aromatic carbocycles. The lowest BCUT2D eigenvalue weighted by Gasteiger charge is -2.30. The van der Waals surface area contributed by atoms with Gasteiger partial charge in [0.15, 0.2) is 0 Å². The Kier molecular flexibility index (Phi) is 5.29. The summed E-state index contributed by atoms with van der Waals surface area (Å²) in [6.07, 6.45) is 8.16. The molecule has 1 aliphatic carbocycles. The first-order valence-corrected chi connectivity index (χ1v) is 11.2. The Labute approximate surface area is 186 Å². The molecule has 0 bridgehead atoms.